The van der Waals surface area contributed by atoms with Crippen molar-refractivity contribution in [1.82, 2.24) is 19.9 Å². The Morgan fingerprint density at radius 1 is 1.43 bits per heavy atom. The Balaban J connectivity index is 1.81. The van der Waals surface area contributed by atoms with Gasteiger partial charge in [-0.05, 0) is 39.7 Å². The SMILES string of the molecule is CCN(C)c1nccc(-c2sc(NC(=O)N3CCC[C@@]3(C)C(N)=O)nc2C)n1. The number of anilines is 2. The van der Waals surface area contributed by atoms with E-state index in [1.807, 2.05) is 31.9 Å². The minimum atomic E-state index is -0.967. The van der Waals surface area contributed by atoms with Crippen molar-refractivity contribution >= 4 is 34.4 Å². The number of nitrogens with zero attached hydrogens (tertiary/aromatic N) is 5. The van der Waals surface area contributed by atoms with E-state index in [0.717, 1.165) is 29.2 Å². The van der Waals surface area contributed by atoms with Crippen LogP contribution >= 0.6 is 11.3 Å². The fraction of sp³-hybridized carbons (Fsp3) is 0.500. The number of aromatic nitrogens is 3. The number of thiazole rings is 1. The van der Waals surface area contributed by atoms with Crippen LogP contribution in [0.2, 0.25) is 0 Å². The van der Waals surface area contributed by atoms with Gasteiger partial charge in [0.25, 0.3) is 0 Å². The number of nitrogens with one attached hydrogen (secondary N) is 1. The molecule has 0 aliphatic carbocycles. The number of carbonyl (C=O) groups excluding carboxylic acids is 2. The first-order valence-corrected chi connectivity index (χ1v) is 9.98. The molecular formula is C18H25N7O2S. The molecule has 0 unspecified atom stereocenters. The van der Waals surface area contributed by atoms with E-state index in [4.69, 9.17) is 5.73 Å². The second-order valence-corrected chi connectivity index (χ2v) is 8.01. The van der Waals surface area contributed by atoms with Gasteiger partial charge in [-0.25, -0.2) is 19.7 Å². The molecule has 2 aromatic rings. The van der Waals surface area contributed by atoms with Crippen LogP contribution < -0.4 is 16.0 Å². The minimum absolute atomic E-state index is 0.367. The highest BCUT2D eigenvalue weighted by Gasteiger charge is 2.44. The lowest BCUT2D eigenvalue weighted by atomic mass is 9.98. The van der Waals surface area contributed by atoms with E-state index in [9.17, 15) is 9.59 Å². The van der Waals surface area contributed by atoms with Gasteiger partial charge in [0.05, 0.1) is 16.3 Å². The molecule has 3 heterocycles. The number of carbonyl (C=O) groups is 2. The number of aryl methyl sites for hydroxylation is 1. The summed E-state index contributed by atoms with van der Waals surface area (Å²) in [5.41, 5.74) is 6.07. The van der Waals surface area contributed by atoms with Crippen LogP contribution in [0.15, 0.2) is 12.3 Å². The Hall–Kier alpha value is -2.75. The Morgan fingerprint density at radius 3 is 2.86 bits per heavy atom. The first-order chi connectivity index (χ1) is 13.3. The summed E-state index contributed by atoms with van der Waals surface area (Å²) < 4.78 is 0. The van der Waals surface area contributed by atoms with Crippen molar-refractivity contribution in [3.05, 3.63) is 18.0 Å². The van der Waals surface area contributed by atoms with Crippen LogP contribution in [0, 0.1) is 6.92 Å². The molecule has 28 heavy (non-hydrogen) atoms. The third-order valence-corrected chi connectivity index (χ3v) is 6.21. The fourth-order valence-corrected chi connectivity index (χ4v) is 4.12. The molecule has 0 radical (unpaired) electrons. The zero-order valence-corrected chi connectivity index (χ0v) is 17.3. The predicted molar refractivity (Wildman–Crippen MR) is 109 cm³/mol. The second-order valence-electron chi connectivity index (χ2n) is 7.01. The Bertz CT molecular complexity index is 900. The smallest absolute Gasteiger partial charge is 0.324 e. The van der Waals surface area contributed by atoms with Crippen LogP contribution in [0.4, 0.5) is 15.9 Å². The van der Waals surface area contributed by atoms with Gasteiger partial charge < -0.3 is 15.5 Å². The van der Waals surface area contributed by atoms with Gasteiger partial charge >= 0.3 is 6.03 Å². The van der Waals surface area contributed by atoms with Crippen LogP contribution in [0.3, 0.4) is 0 Å². The number of rotatable bonds is 5. The normalized spacial score (nSPS) is 18.9. The van der Waals surface area contributed by atoms with Gasteiger partial charge in [-0.1, -0.05) is 11.3 Å². The second kappa shape index (κ2) is 7.70. The molecule has 0 spiro atoms. The molecule has 2 aromatic heterocycles. The van der Waals surface area contributed by atoms with Gasteiger partial charge in [0.2, 0.25) is 11.9 Å². The highest BCUT2D eigenvalue weighted by atomic mass is 32.1. The summed E-state index contributed by atoms with van der Waals surface area (Å²) in [5.74, 6) is 0.136. The molecule has 3 rings (SSSR count). The van der Waals surface area contributed by atoms with Crippen molar-refractivity contribution in [2.75, 3.05) is 30.4 Å². The quantitative estimate of drug-likeness (QED) is 0.790. The molecular weight excluding hydrogens is 378 g/mol. The summed E-state index contributed by atoms with van der Waals surface area (Å²) in [4.78, 5) is 42.2. The molecule has 3 N–H and O–H groups in total. The average molecular weight is 404 g/mol. The van der Waals surface area contributed by atoms with Crippen molar-refractivity contribution in [2.24, 2.45) is 5.73 Å². The molecule has 1 aliphatic heterocycles. The molecule has 0 aromatic carbocycles. The molecule has 0 saturated carbocycles. The zero-order valence-electron chi connectivity index (χ0n) is 16.5. The molecule has 150 valence electrons. The highest BCUT2D eigenvalue weighted by Crippen LogP contribution is 2.34. The predicted octanol–water partition coefficient (Wildman–Crippen LogP) is 2.24. The molecule has 1 saturated heterocycles. The van der Waals surface area contributed by atoms with E-state index in [2.05, 4.69) is 20.3 Å². The summed E-state index contributed by atoms with van der Waals surface area (Å²) in [7, 11) is 1.93. The van der Waals surface area contributed by atoms with Gasteiger partial charge in [-0.2, -0.15) is 0 Å². The number of hydrogen-bond acceptors (Lipinski definition) is 7. The first-order valence-electron chi connectivity index (χ1n) is 9.16. The maximum absolute atomic E-state index is 12.7. The van der Waals surface area contributed by atoms with Gasteiger partial charge in [0, 0.05) is 26.3 Å². The largest absolute Gasteiger partial charge is 0.368 e. The molecule has 1 fully saturated rings. The van der Waals surface area contributed by atoms with Gasteiger partial charge in [-0.3, -0.25) is 10.1 Å². The van der Waals surface area contributed by atoms with E-state index in [1.54, 1.807) is 13.1 Å². The van der Waals surface area contributed by atoms with Crippen LogP contribution in [0.5, 0.6) is 0 Å². The molecule has 3 amide bonds. The summed E-state index contributed by atoms with van der Waals surface area (Å²) in [6, 6.07) is 1.46. The number of amides is 3. The third-order valence-electron chi connectivity index (χ3n) is 5.12. The summed E-state index contributed by atoms with van der Waals surface area (Å²) in [6.45, 7) is 6.88. The molecule has 0 bridgehead atoms. The maximum Gasteiger partial charge on any atom is 0.324 e. The average Bonchev–Trinajstić information content (AvgIpc) is 3.24. The van der Waals surface area contributed by atoms with Crippen molar-refractivity contribution in [2.45, 2.75) is 39.2 Å². The number of urea groups is 1. The van der Waals surface area contributed by atoms with Crippen molar-refractivity contribution in [3.8, 4) is 10.6 Å². The molecule has 1 aliphatic rings. The summed E-state index contributed by atoms with van der Waals surface area (Å²) in [6.07, 6.45) is 3.01. The van der Waals surface area contributed by atoms with E-state index in [-0.39, 0.29) is 6.03 Å². The topological polar surface area (TPSA) is 117 Å². The summed E-state index contributed by atoms with van der Waals surface area (Å²) in [5, 5.41) is 3.26. The number of nitrogens with two attached hydrogens (primary N) is 1. The van der Waals surface area contributed by atoms with Crippen LogP contribution in [0.25, 0.3) is 10.6 Å². The van der Waals surface area contributed by atoms with Crippen molar-refractivity contribution in [3.63, 3.8) is 0 Å². The van der Waals surface area contributed by atoms with Gasteiger partial charge in [0.1, 0.15) is 5.54 Å². The van der Waals surface area contributed by atoms with E-state index in [1.165, 1.54) is 16.2 Å². The van der Waals surface area contributed by atoms with Crippen LogP contribution in [-0.2, 0) is 4.79 Å². The van der Waals surface area contributed by atoms with Gasteiger partial charge in [0.15, 0.2) is 5.13 Å². The Kier molecular flexibility index (Phi) is 5.50. The summed E-state index contributed by atoms with van der Waals surface area (Å²) >= 11 is 1.34. The van der Waals surface area contributed by atoms with E-state index < -0.39 is 11.4 Å². The highest BCUT2D eigenvalue weighted by molar-refractivity contribution is 7.19. The van der Waals surface area contributed by atoms with Gasteiger partial charge in [-0.15, -0.1) is 0 Å². The molecule has 9 nitrogen and oxygen atoms in total. The Labute approximate surface area is 168 Å². The zero-order chi connectivity index (χ0) is 20.5. The third kappa shape index (κ3) is 3.64. The lowest BCUT2D eigenvalue weighted by Crippen LogP contribution is -2.55. The van der Waals surface area contributed by atoms with E-state index >= 15 is 0 Å². The fourth-order valence-electron chi connectivity index (χ4n) is 3.19. The standard InChI is InChI=1S/C18H25N7O2S/c1-5-24(4)15-20-9-7-12(22-15)13-11(2)21-16(28-13)23-17(27)25-10-6-8-18(25,3)14(19)26/h7,9H,5-6,8,10H2,1-4H3,(H2,19,26)(H,21,23,27)/t18-/m0/s1. The van der Waals surface area contributed by atoms with Crippen molar-refractivity contribution in [1.29, 1.82) is 0 Å². The van der Waals surface area contributed by atoms with E-state index in [0.29, 0.717) is 24.0 Å². The number of likely N-dealkylation sites (tertiary alicyclic amines) is 1. The number of primary amides is 1. The van der Waals surface area contributed by atoms with Crippen molar-refractivity contribution < 1.29 is 9.59 Å². The first kappa shape index (κ1) is 20.0. The lowest BCUT2D eigenvalue weighted by Gasteiger charge is -2.31. The monoisotopic (exact) mass is 403 g/mol. The maximum atomic E-state index is 12.7. The number of hydrogen-bond donors (Lipinski definition) is 2. The molecule has 10 heteroatoms. The van der Waals surface area contributed by atoms with Crippen LogP contribution in [0.1, 0.15) is 32.4 Å². The molecule has 1 atom stereocenters. The minimum Gasteiger partial charge on any atom is -0.368 e. The van der Waals surface area contributed by atoms with Crippen LogP contribution in [-0.4, -0.2) is 57.5 Å². The Morgan fingerprint density at radius 2 is 2.18 bits per heavy atom. The lowest BCUT2D eigenvalue weighted by molar-refractivity contribution is -0.126.